The first kappa shape index (κ1) is 30.8. The molecule has 1 aliphatic rings. The Morgan fingerprint density at radius 1 is 1.00 bits per heavy atom. The van der Waals surface area contributed by atoms with Crippen LogP contribution in [0, 0.1) is 10.8 Å². The molecule has 1 aliphatic heterocycles. The summed E-state index contributed by atoms with van der Waals surface area (Å²) < 4.78 is 0. The number of nitrogens with two attached hydrogens (primary N) is 1. The highest BCUT2D eigenvalue weighted by molar-refractivity contribution is 5.93. The van der Waals surface area contributed by atoms with Gasteiger partial charge in [-0.15, -0.1) is 0 Å². The molecule has 6 nitrogen and oxygen atoms in total. The van der Waals surface area contributed by atoms with Crippen LogP contribution >= 0.6 is 0 Å². The third-order valence-corrected chi connectivity index (χ3v) is 7.31. The number of aliphatic hydroxyl groups is 1. The minimum atomic E-state index is -0.681. The highest BCUT2D eigenvalue weighted by Crippen LogP contribution is 2.22. The van der Waals surface area contributed by atoms with Crippen LogP contribution in [0.3, 0.4) is 0 Å². The lowest BCUT2D eigenvalue weighted by Crippen LogP contribution is -2.43. The zero-order chi connectivity index (χ0) is 25.2. The van der Waals surface area contributed by atoms with Gasteiger partial charge in [0.25, 0.3) is 5.91 Å². The molecule has 0 saturated carbocycles. The van der Waals surface area contributed by atoms with E-state index in [9.17, 15) is 14.8 Å². The molecule has 0 bridgehead atoms. The van der Waals surface area contributed by atoms with Crippen LogP contribution in [0.2, 0.25) is 0 Å². The van der Waals surface area contributed by atoms with Crippen molar-refractivity contribution in [2.75, 3.05) is 6.54 Å². The minimum Gasteiger partial charge on any atom is -0.373 e. The molecule has 0 aromatic heterocycles. The first-order valence-corrected chi connectivity index (χ1v) is 14.1. The fourth-order valence-electron chi connectivity index (χ4n) is 4.87. The van der Waals surface area contributed by atoms with Crippen molar-refractivity contribution in [3.8, 4) is 0 Å². The molecular formula is C28H53N3O3. The van der Waals surface area contributed by atoms with E-state index in [0.29, 0.717) is 6.54 Å². The van der Waals surface area contributed by atoms with Gasteiger partial charge < -0.3 is 15.7 Å². The van der Waals surface area contributed by atoms with Gasteiger partial charge in [0.2, 0.25) is 0 Å². The van der Waals surface area contributed by atoms with E-state index >= 15 is 0 Å². The summed E-state index contributed by atoms with van der Waals surface area (Å²) in [5, 5.41) is 13.8. The maximum Gasteiger partial charge on any atom is 0.251 e. The second-order valence-corrected chi connectivity index (χ2v) is 10.6. The van der Waals surface area contributed by atoms with Crippen LogP contribution in [0.4, 0.5) is 0 Å². The molecule has 0 spiro atoms. The monoisotopic (exact) mass is 479 g/mol. The van der Waals surface area contributed by atoms with Gasteiger partial charge in [0.15, 0.2) is 0 Å². The van der Waals surface area contributed by atoms with Crippen molar-refractivity contribution < 1.29 is 9.90 Å². The Kier molecular flexibility index (Phi) is 17.2. The predicted octanol–water partition coefficient (Wildman–Crippen LogP) is 6.84. The van der Waals surface area contributed by atoms with Crippen molar-refractivity contribution in [3.05, 3.63) is 16.6 Å². The fourth-order valence-corrected chi connectivity index (χ4v) is 4.87. The fraction of sp³-hybridized carbons (Fsp3) is 0.893. The smallest absolute Gasteiger partial charge is 0.251 e. The van der Waals surface area contributed by atoms with Gasteiger partial charge in [-0.05, 0) is 39.0 Å². The van der Waals surface area contributed by atoms with Gasteiger partial charge in [-0.3, -0.25) is 4.79 Å². The molecule has 0 aromatic carbocycles. The number of aliphatic hydroxyl groups excluding tert-OH is 1. The highest BCUT2D eigenvalue weighted by atomic mass is 16.3. The largest absolute Gasteiger partial charge is 0.373 e. The van der Waals surface area contributed by atoms with Crippen molar-refractivity contribution in [3.63, 3.8) is 0 Å². The summed E-state index contributed by atoms with van der Waals surface area (Å²) in [4.78, 5) is 25.3. The van der Waals surface area contributed by atoms with E-state index in [1.165, 1.54) is 44.9 Å². The Labute approximate surface area is 209 Å². The Balaban J connectivity index is 2.06. The molecule has 0 aliphatic carbocycles. The first-order chi connectivity index (χ1) is 16.4. The van der Waals surface area contributed by atoms with Crippen LogP contribution in [0.25, 0.3) is 0 Å². The van der Waals surface area contributed by atoms with E-state index in [-0.39, 0.29) is 23.9 Å². The van der Waals surface area contributed by atoms with Gasteiger partial charge in [0.05, 0.1) is 6.04 Å². The molecule has 0 radical (unpaired) electrons. The average Bonchev–Trinajstić information content (AvgIpc) is 2.91. The number of hydrogen-bond donors (Lipinski definition) is 2. The van der Waals surface area contributed by atoms with Crippen molar-refractivity contribution in [2.45, 2.75) is 148 Å². The average molecular weight is 480 g/mol. The summed E-state index contributed by atoms with van der Waals surface area (Å²) in [6, 6.07) is -0.0293. The number of unbranched alkanes of at least 4 members (excludes halogenated alkanes) is 11. The summed E-state index contributed by atoms with van der Waals surface area (Å²) in [5.74, 6) is 0.0538. The normalized spacial score (nSPS) is 20.7. The maximum atomic E-state index is 12.4. The molecule has 0 saturated heterocycles. The molecule has 198 valence electrons. The SMILES string of the molecule is CCCCCCCCC(N)CC(CCCCCCCCCN1C(=O)C(C)=CCC(C)C1O)N=O. The number of rotatable bonds is 20. The molecule has 4 unspecified atom stereocenters. The van der Waals surface area contributed by atoms with Crippen LogP contribution in [0.5, 0.6) is 0 Å². The molecule has 34 heavy (non-hydrogen) atoms. The predicted molar refractivity (Wildman–Crippen MR) is 142 cm³/mol. The number of carbonyl (C=O) groups is 1. The van der Waals surface area contributed by atoms with Crippen molar-refractivity contribution in [1.82, 2.24) is 4.90 Å². The van der Waals surface area contributed by atoms with Crippen LogP contribution in [-0.4, -0.2) is 40.8 Å². The molecule has 4 atom stereocenters. The van der Waals surface area contributed by atoms with Gasteiger partial charge >= 0.3 is 0 Å². The molecule has 0 fully saturated rings. The van der Waals surface area contributed by atoms with E-state index in [4.69, 9.17) is 5.73 Å². The Morgan fingerprint density at radius 2 is 1.56 bits per heavy atom. The number of nitroso groups, excluding NO2 is 1. The molecule has 6 heteroatoms. The molecule has 1 rings (SSSR count). The zero-order valence-electron chi connectivity index (χ0n) is 22.4. The minimum absolute atomic E-state index is 0.0260. The van der Waals surface area contributed by atoms with Crippen molar-refractivity contribution in [2.24, 2.45) is 16.8 Å². The molecular weight excluding hydrogens is 426 g/mol. The molecule has 3 N–H and O–H groups in total. The molecule has 0 aromatic rings. The second-order valence-electron chi connectivity index (χ2n) is 10.6. The molecule has 1 heterocycles. The van der Waals surface area contributed by atoms with Crippen molar-refractivity contribution >= 4 is 5.91 Å². The molecule has 1 amide bonds. The van der Waals surface area contributed by atoms with Crippen LogP contribution in [0.15, 0.2) is 16.8 Å². The number of nitrogens with zero attached hydrogens (tertiary/aromatic N) is 2. The first-order valence-electron chi connectivity index (χ1n) is 14.1. The summed E-state index contributed by atoms with van der Waals surface area (Å²) in [6.45, 7) is 6.69. The van der Waals surface area contributed by atoms with Gasteiger partial charge in [0.1, 0.15) is 6.23 Å². The lowest BCUT2D eigenvalue weighted by molar-refractivity contribution is -0.139. The zero-order valence-corrected chi connectivity index (χ0v) is 22.4. The third kappa shape index (κ3) is 13.0. The second kappa shape index (κ2) is 19.0. The quantitative estimate of drug-likeness (QED) is 0.147. The third-order valence-electron chi connectivity index (χ3n) is 7.31. The van der Waals surface area contributed by atoms with E-state index in [1.54, 1.807) is 4.90 Å². The van der Waals surface area contributed by atoms with Crippen molar-refractivity contribution in [1.29, 1.82) is 0 Å². The lowest BCUT2D eigenvalue weighted by Gasteiger charge is -2.30. The number of allylic oxidation sites excluding steroid dienone is 1. The van der Waals surface area contributed by atoms with Gasteiger partial charge in [-0.25, -0.2) is 0 Å². The van der Waals surface area contributed by atoms with E-state index in [2.05, 4.69) is 12.1 Å². The topological polar surface area (TPSA) is 96.0 Å². The summed E-state index contributed by atoms with van der Waals surface area (Å²) >= 11 is 0. The van der Waals surface area contributed by atoms with E-state index < -0.39 is 6.23 Å². The Hall–Kier alpha value is -1.27. The maximum absolute atomic E-state index is 12.4. The standard InChI is InChI=1S/C28H53N3O3/c1-4-5-6-7-11-14-17-25(29)22-26(30-34)18-15-12-9-8-10-13-16-21-31-27(32)23(2)19-20-24(3)28(31)33/h19,24-26,28,33H,4-18,20-22,29H2,1-3H3. The number of hydrogen-bond acceptors (Lipinski definition) is 5. The summed E-state index contributed by atoms with van der Waals surface area (Å²) in [5.41, 5.74) is 6.99. The summed E-state index contributed by atoms with van der Waals surface area (Å²) in [6.07, 6.45) is 19.9. The number of carbonyl (C=O) groups excluding carboxylic acids is 1. The number of amides is 1. The Morgan fingerprint density at radius 3 is 2.18 bits per heavy atom. The van der Waals surface area contributed by atoms with E-state index in [0.717, 1.165) is 69.8 Å². The van der Waals surface area contributed by atoms with Crippen LogP contribution in [0.1, 0.15) is 130 Å². The highest BCUT2D eigenvalue weighted by Gasteiger charge is 2.29. The van der Waals surface area contributed by atoms with Gasteiger partial charge in [0, 0.05) is 24.1 Å². The Bertz CT molecular complexity index is 581. The van der Waals surface area contributed by atoms with E-state index in [1.807, 2.05) is 19.9 Å². The summed E-state index contributed by atoms with van der Waals surface area (Å²) in [7, 11) is 0. The lowest BCUT2D eigenvalue weighted by atomic mass is 9.97. The van der Waals surface area contributed by atoms with Crippen LogP contribution in [-0.2, 0) is 4.79 Å². The van der Waals surface area contributed by atoms with Gasteiger partial charge in [-0.2, -0.15) is 4.91 Å². The van der Waals surface area contributed by atoms with Gasteiger partial charge in [-0.1, -0.05) is 102 Å². The van der Waals surface area contributed by atoms with Crippen LogP contribution < -0.4 is 5.73 Å².